The lowest BCUT2D eigenvalue weighted by Gasteiger charge is -2.15. The van der Waals surface area contributed by atoms with Crippen LogP contribution >= 0.6 is 11.6 Å². The van der Waals surface area contributed by atoms with Gasteiger partial charge in [-0.05, 0) is 18.1 Å². The number of carbonyl (C=O) groups excluding carboxylic acids is 2. The Morgan fingerprint density at radius 2 is 1.74 bits per heavy atom. The van der Waals surface area contributed by atoms with E-state index in [9.17, 15) is 9.59 Å². The van der Waals surface area contributed by atoms with Gasteiger partial charge < -0.3 is 19.5 Å². The van der Waals surface area contributed by atoms with Gasteiger partial charge in [-0.3, -0.25) is 9.59 Å². The van der Waals surface area contributed by atoms with Crippen molar-refractivity contribution in [3.63, 3.8) is 0 Å². The van der Waals surface area contributed by atoms with Crippen LogP contribution in [0.5, 0.6) is 11.5 Å². The Morgan fingerprint density at radius 3 is 2.33 bits per heavy atom. The first kappa shape index (κ1) is 20.6. The van der Waals surface area contributed by atoms with E-state index >= 15 is 0 Å². The van der Waals surface area contributed by atoms with Crippen LogP contribution in [0.3, 0.4) is 0 Å². The Balaban J connectivity index is 2.00. The zero-order valence-corrected chi connectivity index (χ0v) is 16.2. The molecular formula is C20H22ClNO5. The predicted molar refractivity (Wildman–Crippen MR) is 104 cm³/mol. The van der Waals surface area contributed by atoms with Gasteiger partial charge in [0.05, 0.1) is 30.8 Å². The molecule has 0 aliphatic rings. The van der Waals surface area contributed by atoms with Crippen LogP contribution in [0.1, 0.15) is 24.8 Å². The Morgan fingerprint density at radius 1 is 1.07 bits per heavy atom. The molecule has 0 saturated heterocycles. The van der Waals surface area contributed by atoms with Crippen molar-refractivity contribution in [2.75, 3.05) is 26.1 Å². The van der Waals surface area contributed by atoms with Crippen molar-refractivity contribution in [2.45, 2.75) is 19.3 Å². The maximum absolute atomic E-state index is 12.3. The minimum atomic E-state index is -0.495. The Labute approximate surface area is 163 Å². The Bertz CT molecular complexity index is 794. The molecule has 0 aliphatic carbocycles. The third-order valence-electron chi connectivity index (χ3n) is 3.99. The van der Waals surface area contributed by atoms with Gasteiger partial charge >= 0.3 is 5.97 Å². The van der Waals surface area contributed by atoms with Crippen LogP contribution in [0.4, 0.5) is 5.69 Å². The van der Waals surface area contributed by atoms with E-state index in [0.717, 1.165) is 5.56 Å². The standard InChI is InChI=1S/C20H22ClNO5/c1-4-14(13-8-6-5-7-9-13)20(24)27-12-19(23)22-16-10-15(21)17(25-2)11-18(16)26-3/h5-11,14H,4,12H2,1-3H3,(H,22,23)/t14-/m1/s1. The minimum absolute atomic E-state index is 0.320. The summed E-state index contributed by atoms with van der Waals surface area (Å²) in [4.78, 5) is 24.5. The first-order chi connectivity index (χ1) is 13.0. The van der Waals surface area contributed by atoms with Crippen molar-refractivity contribution in [3.8, 4) is 11.5 Å². The molecule has 0 saturated carbocycles. The molecule has 0 bridgehead atoms. The molecule has 1 amide bonds. The second-order valence-corrected chi connectivity index (χ2v) is 6.12. The molecule has 0 radical (unpaired) electrons. The van der Waals surface area contributed by atoms with Crippen molar-refractivity contribution < 1.29 is 23.8 Å². The van der Waals surface area contributed by atoms with Crippen LogP contribution in [0.25, 0.3) is 0 Å². The number of carbonyl (C=O) groups is 2. The summed E-state index contributed by atoms with van der Waals surface area (Å²) in [5, 5.41) is 2.94. The number of ether oxygens (including phenoxy) is 3. The lowest BCUT2D eigenvalue weighted by Crippen LogP contribution is -2.24. The second-order valence-electron chi connectivity index (χ2n) is 5.71. The molecule has 0 fully saturated rings. The average Bonchev–Trinajstić information content (AvgIpc) is 2.68. The van der Waals surface area contributed by atoms with E-state index in [4.69, 9.17) is 25.8 Å². The Kier molecular flexibility index (Phi) is 7.49. The van der Waals surface area contributed by atoms with E-state index in [-0.39, 0.29) is 0 Å². The largest absolute Gasteiger partial charge is 0.495 e. The van der Waals surface area contributed by atoms with Crippen LogP contribution in [-0.4, -0.2) is 32.7 Å². The highest BCUT2D eigenvalue weighted by molar-refractivity contribution is 6.32. The maximum Gasteiger partial charge on any atom is 0.313 e. The third-order valence-corrected chi connectivity index (χ3v) is 4.28. The molecule has 1 N–H and O–H groups in total. The molecular weight excluding hydrogens is 370 g/mol. The number of rotatable bonds is 8. The van der Waals surface area contributed by atoms with Crippen LogP contribution < -0.4 is 14.8 Å². The van der Waals surface area contributed by atoms with Crippen molar-refractivity contribution in [3.05, 3.63) is 53.1 Å². The van der Waals surface area contributed by atoms with Gasteiger partial charge in [0.1, 0.15) is 11.5 Å². The van der Waals surface area contributed by atoms with Crippen molar-refractivity contribution in [1.29, 1.82) is 0 Å². The molecule has 144 valence electrons. The molecule has 0 aromatic heterocycles. The molecule has 0 heterocycles. The molecule has 2 aromatic rings. The zero-order chi connectivity index (χ0) is 19.8. The fourth-order valence-electron chi connectivity index (χ4n) is 2.61. The predicted octanol–water partition coefficient (Wildman–Crippen LogP) is 4.03. The van der Waals surface area contributed by atoms with Crippen molar-refractivity contribution >= 4 is 29.2 Å². The van der Waals surface area contributed by atoms with E-state index < -0.39 is 24.4 Å². The molecule has 6 nitrogen and oxygen atoms in total. The fraction of sp³-hybridized carbons (Fsp3) is 0.300. The van der Waals surface area contributed by atoms with E-state index in [1.807, 2.05) is 37.3 Å². The molecule has 27 heavy (non-hydrogen) atoms. The summed E-state index contributed by atoms with van der Waals surface area (Å²) < 4.78 is 15.5. The summed E-state index contributed by atoms with van der Waals surface area (Å²) in [6.07, 6.45) is 0.576. The van der Waals surface area contributed by atoms with Gasteiger partial charge in [-0.1, -0.05) is 48.9 Å². The molecule has 0 unspecified atom stereocenters. The number of esters is 1. The Hall–Kier alpha value is -2.73. The highest BCUT2D eigenvalue weighted by Gasteiger charge is 2.21. The summed E-state index contributed by atoms with van der Waals surface area (Å²) in [6.45, 7) is 1.48. The number of amides is 1. The van der Waals surface area contributed by atoms with Crippen molar-refractivity contribution in [2.24, 2.45) is 0 Å². The van der Waals surface area contributed by atoms with Crippen LogP contribution in [-0.2, 0) is 14.3 Å². The number of halogens is 1. The zero-order valence-electron chi connectivity index (χ0n) is 15.5. The van der Waals surface area contributed by atoms with Gasteiger partial charge in [0.25, 0.3) is 5.91 Å². The number of nitrogens with one attached hydrogen (secondary N) is 1. The summed E-state index contributed by atoms with van der Waals surface area (Å²) in [5.41, 5.74) is 1.22. The monoisotopic (exact) mass is 391 g/mol. The van der Waals surface area contributed by atoms with E-state index in [0.29, 0.717) is 28.6 Å². The van der Waals surface area contributed by atoms with Gasteiger partial charge in [-0.15, -0.1) is 0 Å². The third kappa shape index (κ3) is 5.37. The molecule has 7 heteroatoms. The van der Waals surface area contributed by atoms with Gasteiger partial charge in [0, 0.05) is 6.07 Å². The molecule has 0 aliphatic heterocycles. The van der Waals surface area contributed by atoms with E-state index in [1.165, 1.54) is 20.3 Å². The van der Waals surface area contributed by atoms with E-state index in [2.05, 4.69) is 5.32 Å². The maximum atomic E-state index is 12.3. The minimum Gasteiger partial charge on any atom is -0.495 e. The quantitative estimate of drug-likeness (QED) is 0.687. The van der Waals surface area contributed by atoms with Gasteiger partial charge in [-0.2, -0.15) is 0 Å². The van der Waals surface area contributed by atoms with Gasteiger partial charge in [-0.25, -0.2) is 0 Å². The number of anilines is 1. The SMILES string of the molecule is CC[C@@H](C(=O)OCC(=O)Nc1cc(Cl)c(OC)cc1OC)c1ccccc1. The highest BCUT2D eigenvalue weighted by atomic mass is 35.5. The molecule has 2 rings (SSSR count). The van der Waals surface area contributed by atoms with Gasteiger partial charge in [0.2, 0.25) is 0 Å². The normalized spacial score (nSPS) is 11.4. The molecule has 1 atom stereocenters. The number of hydrogen-bond donors (Lipinski definition) is 1. The van der Waals surface area contributed by atoms with E-state index in [1.54, 1.807) is 6.07 Å². The first-order valence-electron chi connectivity index (χ1n) is 8.43. The lowest BCUT2D eigenvalue weighted by molar-refractivity contribution is -0.149. The van der Waals surface area contributed by atoms with Crippen LogP contribution in [0, 0.1) is 0 Å². The summed E-state index contributed by atoms with van der Waals surface area (Å²) in [6, 6.07) is 12.4. The molecule has 0 spiro atoms. The highest BCUT2D eigenvalue weighted by Crippen LogP contribution is 2.35. The van der Waals surface area contributed by atoms with Crippen molar-refractivity contribution in [1.82, 2.24) is 0 Å². The number of methoxy groups -OCH3 is 2. The van der Waals surface area contributed by atoms with Crippen LogP contribution in [0.2, 0.25) is 5.02 Å². The number of hydrogen-bond acceptors (Lipinski definition) is 5. The topological polar surface area (TPSA) is 73.9 Å². The summed E-state index contributed by atoms with van der Waals surface area (Å²) >= 11 is 6.08. The molecule has 2 aromatic carbocycles. The average molecular weight is 392 g/mol. The summed E-state index contributed by atoms with van der Waals surface area (Å²) in [7, 11) is 2.94. The van der Waals surface area contributed by atoms with Gasteiger partial charge in [0.15, 0.2) is 6.61 Å². The second kappa shape index (κ2) is 9.83. The fourth-order valence-corrected chi connectivity index (χ4v) is 2.85. The first-order valence-corrected chi connectivity index (χ1v) is 8.80. The number of benzene rings is 2. The lowest BCUT2D eigenvalue weighted by atomic mass is 9.97. The van der Waals surface area contributed by atoms with Crippen LogP contribution in [0.15, 0.2) is 42.5 Å². The summed E-state index contributed by atoms with van der Waals surface area (Å²) in [5.74, 6) is -0.549. The smallest absolute Gasteiger partial charge is 0.313 e.